The van der Waals surface area contributed by atoms with Gasteiger partial charge >= 0.3 is 0 Å². The van der Waals surface area contributed by atoms with E-state index >= 15 is 0 Å². The second kappa shape index (κ2) is 6.91. The van der Waals surface area contributed by atoms with Crippen LogP contribution >= 0.6 is 0 Å². The Labute approximate surface area is 168 Å². The highest BCUT2D eigenvalue weighted by atomic mass is 15.4. The molecule has 2 aromatic heterocycles. The lowest BCUT2D eigenvalue weighted by molar-refractivity contribution is 0.506. The van der Waals surface area contributed by atoms with Gasteiger partial charge in [0.05, 0.1) is 11.3 Å². The first-order valence-corrected chi connectivity index (χ1v) is 10.6. The second-order valence-electron chi connectivity index (χ2n) is 8.36. The van der Waals surface area contributed by atoms with Crippen molar-refractivity contribution < 1.29 is 0 Å². The number of aryl methyl sites for hydroxylation is 5. The van der Waals surface area contributed by atoms with Crippen LogP contribution in [-0.4, -0.2) is 27.2 Å². The van der Waals surface area contributed by atoms with Gasteiger partial charge in [-0.2, -0.15) is 9.61 Å². The van der Waals surface area contributed by atoms with Crippen molar-refractivity contribution in [1.82, 2.24) is 14.6 Å². The van der Waals surface area contributed by atoms with E-state index in [0.717, 1.165) is 30.0 Å². The van der Waals surface area contributed by atoms with Crippen LogP contribution in [0.4, 0.5) is 5.82 Å². The number of hydrogen-bond donors (Lipinski definition) is 0. The van der Waals surface area contributed by atoms with Crippen molar-refractivity contribution in [3.63, 3.8) is 0 Å². The molecule has 1 aliphatic rings. The molecule has 3 aromatic rings. The van der Waals surface area contributed by atoms with Crippen LogP contribution in [0.3, 0.4) is 0 Å². The third-order valence-corrected chi connectivity index (χ3v) is 6.40. The number of hydrogen-bond acceptors (Lipinski definition) is 3. The lowest BCUT2D eigenvalue weighted by atomic mass is 9.93. The Morgan fingerprint density at radius 3 is 2.25 bits per heavy atom. The summed E-state index contributed by atoms with van der Waals surface area (Å²) in [6.45, 7) is 16.4. The number of anilines is 1. The minimum atomic E-state index is 0.582. The van der Waals surface area contributed by atoms with E-state index in [1.807, 2.05) is 0 Å². The number of fused-ring (bicyclic) bond motifs is 3. The van der Waals surface area contributed by atoms with Gasteiger partial charge in [0.1, 0.15) is 5.82 Å². The Kier molecular flexibility index (Phi) is 4.68. The molecule has 3 heterocycles. The molecule has 0 fully saturated rings. The number of nitrogens with zero attached hydrogens (tertiary/aromatic N) is 4. The van der Waals surface area contributed by atoms with Gasteiger partial charge in [0.15, 0.2) is 5.65 Å². The molecule has 0 saturated heterocycles. The molecule has 1 aromatic carbocycles. The van der Waals surface area contributed by atoms with E-state index in [4.69, 9.17) is 10.1 Å². The lowest BCUT2D eigenvalue weighted by Crippen LogP contribution is -2.40. The molecule has 1 aliphatic heterocycles. The van der Waals surface area contributed by atoms with Gasteiger partial charge in [0, 0.05) is 23.8 Å². The maximum atomic E-state index is 5.08. The predicted octanol–water partition coefficient (Wildman–Crippen LogP) is 5.49. The Bertz CT molecular complexity index is 1040. The van der Waals surface area contributed by atoms with Crippen LogP contribution in [0.5, 0.6) is 0 Å². The topological polar surface area (TPSA) is 33.4 Å². The van der Waals surface area contributed by atoms with Gasteiger partial charge in [-0.3, -0.25) is 0 Å². The average molecular weight is 377 g/mol. The summed E-state index contributed by atoms with van der Waals surface area (Å²) in [6.07, 6.45) is 3.46. The van der Waals surface area contributed by atoms with Crippen molar-refractivity contribution in [1.29, 1.82) is 0 Å². The van der Waals surface area contributed by atoms with E-state index < -0.39 is 0 Å². The Morgan fingerprint density at radius 2 is 1.64 bits per heavy atom. The highest BCUT2D eigenvalue weighted by Crippen LogP contribution is 2.39. The van der Waals surface area contributed by atoms with E-state index in [1.54, 1.807) is 0 Å². The van der Waals surface area contributed by atoms with E-state index in [1.165, 1.54) is 52.0 Å². The Morgan fingerprint density at radius 1 is 0.964 bits per heavy atom. The zero-order chi connectivity index (χ0) is 20.2. The first kappa shape index (κ1) is 19.0. The molecule has 0 N–H and O–H groups in total. The first-order valence-electron chi connectivity index (χ1n) is 10.6. The van der Waals surface area contributed by atoms with E-state index in [-0.39, 0.29) is 0 Å². The largest absolute Gasteiger partial charge is 0.354 e. The lowest BCUT2D eigenvalue weighted by Gasteiger charge is -2.38. The molecule has 0 saturated carbocycles. The molecular weight excluding hydrogens is 344 g/mol. The minimum Gasteiger partial charge on any atom is -0.354 e. The zero-order valence-corrected chi connectivity index (χ0v) is 18.3. The molecule has 0 radical (unpaired) electrons. The van der Waals surface area contributed by atoms with Crippen LogP contribution in [0.2, 0.25) is 0 Å². The van der Waals surface area contributed by atoms with Crippen LogP contribution in [0.15, 0.2) is 12.1 Å². The second-order valence-corrected chi connectivity index (χ2v) is 8.36. The van der Waals surface area contributed by atoms with E-state index in [0.29, 0.717) is 6.04 Å². The molecule has 28 heavy (non-hydrogen) atoms. The van der Waals surface area contributed by atoms with Crippen LogP contribution < -0.4 is 4.90 Å². The smallest absolute Gasteiger partial charge is 0.165 e. The normalized spacial score (nSPS) is 16.7. The van der Waals surface area contributed by atoms with Crippen molar-refractivity contribution in [2.75, 3.05) is 11.4 Å². The predicted molar refractivity (Wildman–Crippen MR) is 118 cm³/mol. The van der Waals surface area contributed by atoms with Gasteiger partial charge in [-0.1, -0.05) is 24.6 Å². The van der Waals surface area contributed by atoms with Gasteiger partial charge in [-0.15, -0.1) is 0 Å². The number of aromatic nitrogens is 3. The molecule has 148 valence electrons. The maximum absolute atomic E-state index is 5.08. The summed E-state index contributed by atoms with van der Waals surface area (Å²) < 4.78 is 2.14. The Balaban J connectivity index is 2.06. The summed E-state index contributed by atoms with van der Waals surface area (Å²) in [5.41, 5.74) is 11.0. The van der Waals surface area contributed by atoms with Gasteiger partial charge in [-0.05, 0) is 77.5 Å². The van der Waals surface area contributed by atoms with Crippen molar-refractivity contribution in [3.05, 3.63) is 45.8 Å². The van der Waals surface area contributed by atoms with Crippen molar-refractivity contribution >= 4 is 11.5 Å². The standard InChI is InChI=1S/C24H32N4/c1-8-19-10-11-20-17(6)25-23-22(21-15(4)12-14(3)13-16(21)5)18(7)26-28(23)24(20)27(19)9-2/h12-13,19H,8-11H2,1-7H3. The van der Waals surface area contributed by atoms with Crippen molar-refractivity contribution in [3.8, 4) is 11.1 Å². The number of benzene rings is 1. The van der Waals surface area contributed by atoms with Gasteiger partial charge in [0.25, 0.3) is 0 Å². The van der Waals surface area contributed by atoms with Crippen LogP contribution in [0, 0.1) is 34.6 Å². The molecule has 4 heteroatoms. The molecule has 1 unspecified atom stereocenters. The third-order valence-electron chi connectivity index (χ3n) is 6.40. The summed E-state index contributed by atoms with van der Waals surface area (Å²) in [5, 5.41) is 5.03. The summed E-state index contributed by atoms with van der Waals surface area (Å²) in [6, 6.07) is 5.11. The van der Waals surface area contributed by atoms with Crippen molar-refractivity contribution in [2.24, 2.45) is 0 Å². The quantitative estimate of drug-likeness (QED) is 0.606. The van der Waals surface area contributed by atoms with Crippen LogP contribution in [-0.2, 0) is 6.42 Å². The van der Waals surface area contributed by atoms with Crippen LogP contribution in [0.1, 0.15) is 60.3 Å². The average Bonchev–Trinajstić information content (AvgIpc) is 2.96. The summed E-state index contributed by atoms with van der Waals surface area (Å²) >= 11 is 0. The van der Waals surface area contributed by atoms with Crippen molar-refractivity contribution in [2.45, 2.75) is 73.8 Å². The highest BCUT2D eigenvalue weighted by Gasteiger charge is 2.30. The number of rotatable bonds is 3. The minimum absolute atomic E-state index is 0.582. The fraction of sp³-hybridized carbons (Fsp3) is 0.500. The molecule has 0 bridgehead atoms. The fourth-order valence-corrected chi connectivity index (χ4v) is 5.21. The molecule has 4 nitrogen and oxygen atoms in total. The van der Waals surface area contributed by atoms with Gasteiger partial charge in [-0.25, -0.2) is 4.98 Å². The molecule has 0 spiro atoms. The Hall–Kier alpha value is -2.36. The van der Waals surface area contributed by atoms with Gasteiger partial charge in [0.2, 0.25) is 0 Å². The SMILES string of the molecule is CCC1CCc2c(C)nc3c(-c4c(C)cc(C)cc4C)c(C)nn3c2N1CC. The van der Waals surface area contributed by atoms with Gasteiger partial charge < -0.3 is 4.90 Å². The summed E-state index contributed by atoms with van der Waals surface area (Å²) in [5.74, 6) is 1.26. The molecule has 0 aliphatic carbocycles. The molecule has 4 rings (SSSR count). The summed E-state index contributed by atoms with van der Waals surface area (Å²) in [7, 11) is 0. The van der Waals surface area contributed by atoms with Crippen LogP contribution in [0.25, 0.3) is 16.8 Å². The fourth-order valence-electron chi connectivity index (χ4n) is 5.21. The third kappa shape index (κ3) is 2.73. The zero-order valence-electron chi connectivity index (χ0n) is 18.3. The first-order chi connectivity index (χ1) is 13.4. The monoisotopic (exact) mass is 376 g/mol. The maximum Gasteiger partial charge on any atom is 0.165 e. The molecule has 1 atom stereocenters. The molecular formula is C24H32N4. The molecule has 0 amide bonds. The highest BCUT2D eigenvalue weighted by molar-refractivity contribution is 5.85. The summed E-state index contributed by atoms with van der Waals surface area (Å²) in [4.78, 5) is 7.63. The van der Waals surface area contributed by atoms with E-state index in [9.17, 15) is 0 Å². The van der Waals surface area contributed by atoms with E-state index in [2.05, 4.69) is 70.0 Å².